The molecule has 6 N–H and O–H groups in total. The van der Waals surface area contributed by atoms with Gasteiger partial charge in [0.2, 0.25) is 0 Å². The highest BCUT2D eigenvalue weighted by Crippen LogP contribution is 1.83. The molecule has 0 rings (SSSR count). The standard InChI is InChI=1S/3C4H6O2.C2H6O3/c3*1-3(2)4(5)6;1-2(3,4)5/h3*1H2,2H3,(H,5,6);3-5H,1H3. The zero-order chi connectivity index (χ0) is 20.0. The first-order valence-corrected chi connectivity index (χ1v) is 5.76. The third kappa shape index (κ3) is 66.1. The maximum absolute atomic E-state index is 9.60. The lowest BCUT2D eigenvalue weighted by Crippen LogP contribution is -2.20. The van der Waals surface area contributed by atoms with Crippen molar-refractivity contribution in [1.82, 2.24) is 0 Å². The summed E-state index contributed by atoms with van der Waals surface area (Å²) < 4.78 is 0. The Morgan fingerprint density at radius 1 is 0.652 bits per heavy atom. The van der Waals surface area contributed by atoms with Crippen LogP contribution in [0.5, 0.6) is 0 Å². The van der Waals surface area contributed by atoms with E-state index in [0.29, 0.717) is 0 Å². The van der Waals surface area contributed by atoms with Crippen LogP contribution in [0, 0.1) is 0 Å². The van der Waals surface area contributed by atoms with E-state index in [1.807, 2.05) is 0 Å². The molecule has 0 bridgehead atoms. The van der Waals surface area contributed by atoms with E-state index in [1.165, 1.54) is 20.8 Å². The first kappa shape index (κ1) is 28.6. The fraction of sp³-hybridized carbons (Fsp3) is 0.357. The van der Waals surface area contributed by atoms with Crippen LogP contribution >= 0.6 is 0 Å². The summed E-state index contributed by atoms with van der Waals surface area (Å²) in [5.74, 6) is -5.31. The van der Waals surface area contributed by atoms with Gasteiger partial charge in [-0.1, -0.05) is 19.7 Å². The summed E-state index contributed by atoms with van der Waals surface area (Å²) in [5.41, 5.74) is 0.528. The van der Waals surface area contributed by atoms with E-state index in [2.05, 4.69) is 19.7 Å². The van der Waals surface area contributed by atoms with E-state index < -0.39 is 23.9 Å². The smallest absolute Gasteiger partial charge is 0.330 e. The van der Waals surface area contributed by atoms with Gasteiger partial charge in [0.25, 0.3) is 5.97 Å². The van der Waals surface area contributed by atoms with Crippen molar-refractivity contribution in [1.29, 1.82) is 0 Å². The van der Waals surface area contributed by atoms with Crippen molar-refractivity contribution >= 4 is 17.9 Å². The second-order valence-corrected chi connectivity index (χ2v) is 4.23. The molecule has 0 aliphatic rings. The van der Waals surface area contributed by atoms with Gasteiger partial charge in [0.15, 0.2) is 0 Å². The SMILES string of the molecule is C=C(C)C(=O)O.C=C(C)C(=O)O.C=C(C)C(=O)O.CC(O)(O)O. The summed E-state index contributed by atoms with van der Waals surface area (Å²) in [6.45, 7) is 14.7. The molecule has 0 spiro atoms. The Morgan fingerprint density at radius 3 is 0.696 bits per heavy atom. The average Bonchev–Trinajstić information content (AvgIpc) is 2.27. The molecule has 134 valence electrons. The quantitative estimate of drug-likeness (QED) is 0.318. The van der Waals surface area contributed by atoms with Crippen molar-refractivity contribution in [3.05, 3.63) is 36.5 Å². The maximum Gasteiger partial charge on any atom is 0.330 e. The molecule has 9 heteroatoms. The zero-order valence-corrected chi connectivity index (χ0v) is 13.5. The van der Waals surface area contributed by atoms with Gasteiger partial charge in [0, 0.05) is 23.6 Å². The van der Waals surface area contributed by atoms with Crippen LogP contribution in [-0.4, -0.2) is 54.5 Å². The van der Waals surface area contributed by atoms with Crippen LogP contribution < -0.4 is 0 Å². The highest BCUT2D eigenvalue weighted by molar-refractivity contribution is 5.85. The molecule has 0 radical (unpaired) electrons. The molecule has 0 saturated carbocycles. The first-order valence-electron chi connectivity index (χ1n) is 5.76. The van der Waals surface area contributed by atoms with Crippen molar-refractivity contribution in [3.63, 3.8) is 0 Å². The summed E-state index contributed by atoms with van der Waals surface area (Å²) in [7, 11) is 0. The number of hydrogen-bond acceptors (Lipinski definition) is 6. The second-order valence-electron chi connectivity index (χ2n) is 4.23. The Kier molecular flexibility index (Phi) is 18.0. The predicted molar refractivity (Wildman–Crippen MR) is 82.4 cm³/mol. The Bertz CT molecular complexity index is 343. The highest BCUT2D eigenvalue weighted by Gasteiger charge is 2.03. The fourth-order valence-corrected chi connectivity index (χ4v) is 0. The highest BCUT2D eigenvalue weighted by atomic mass is 16.7. The molecule has 0 aliphatic carbocycles. The van der Waals surface area contributed by atoms with Gasteiger partial charge in [-0.2, -0.15) is 0 Å². The number of carboxylic acid groups (broad SMARTS) is 3. The first-order chi connectivity index (χ1) is 9.93. The predicted octanol–water partition coefficient (Wildman–Crippen LogP) is 0.578. The number of aliphatic hydroxyl groups is 3. The topological polar surface area (TPSA) is 173 Å². The lowest BCUT2D eigenvalue weighted by molar-refractivity contribution is -0.297. The summed E-state index contributed by atoms with van der Waals surface area (Å²) in [5, 5.41) is 46.6. The van der Waals surface area contributed by atoms with Gasteiger partial charge in [-0.25, -0.2) is 14.4 Å². The van der Waals surface area contributed by atoms with Crippen molar-refractivity contribution < 1.29 is 45.0 Å². The lowest BCUT2D eigenvalue weighted by Gasteiger charge is -2.01. The van der Waals surface area contributed by atoms with Gasteiger partial charge < -0.3 is 30.6 Å². The monoisotopic (exact) mass is 336 g/mol. The van der Waals surface area contributed by atoms with Crippen LogP contribution in [0.15, 0.2) is 36.5 Å². The molecule has 0 aromatic carbocycles. The Labute approximate surface area is 134 Å². The van der Waals surface area contributed by atoms with Crippen molar-refractivity contribution in [2.75, 3.05) is 0 Å². The van der Waals surface area contributed by atoms with Crippen LogP contribution in [0.1, 0.15) is 27.7 Å². The van der Waals surface area contributed by atoms with Crippen molar-refractivity contribution in [3.8, 4) is 0 Å². The number of carbonyl (C=O) groups is 3. The van der Waals surface area contributed by atoms with Crippen LogP contribution in [0.25, 0.3) is 0 Å². The van der Waals surface area contributed by atoms with Crippen LogP contribution in [-0.2, 0) is 14.4 Å². The summed E-state index contributed by atoms with van der Waals surface area (Å²) >= 11 is 0. The van der Waals surface area contributed by atoms with Crippen LogP contribution in [0.3, 0.4) is 0 Å². The molecule has 23 heavy (non-hydrogen) atoms. The lowest BCUT2D eigenvalue weighted by atomic mass is 10.4. The Balaban J connectivity index is -0.000000105. The third-order valence-electron chi connectivity index (χ3n) is 1.10. The van der Waals surface area contributed by atoms with Gasteiger partial charge in [-0.3, -0.25) is 0 Å². The van der Waals surface area contributed by atoms with Crippen LogP contribution in [0.2, 0.25) is 0 Å². The minimum atomic E-state index is -2.50. The number of hydrogen-bond donors (Lipinski definition) is 6. The van der Waals surface area contributed by atoms with E-state index in [9.17, 15) is 14.4 Å². The maximum atomic E-state index is 9.60. The molecule has 0 fully saturated rings. The summed E-state index contributed by atoms with van der Waals surface area (Å²) in [4.78, 5) is 28.8. The zero-order valence-electron chi connectivity index (χ0n) is 13.5. The minimum absolute atomic E-state index is 0.176. The van der Waals surface area contributed by atoms with Gasteiger partial charge >= 0.3 is 17.9 Å². The normalized spacial score (nSPS) is 8.48. The molecule has 0 amide bonds. The molecule has 0 atom stereocenters. The molecule has 0 aliphatic heterocycles. The van der Waals surface area contributed by atoms with E-state index >= 15 is 0 Å². The Hall–Kier alpha value is -2.49. The molecule has 0 heterocycles. The molecular formula is C14H24O9. The van der Waals surface area contributed by atoms with E-state index in [4.69, 9.17) is 30.6 Å². The van der Waals surface area contributed by atoms with Crippen LogP contribution in [0.4, 0.5) is 0 Å². The van der Waals surface area contributed by atoms with E-state index in [0.717, 1.165) is 6.92 Å². The number of rotatable bonds is 3. The third-order valence-corrected chi connectivity index (χ3v) is 1.10. The molecular weight excluding hydrogens is 312 g/mol. The average molecular weight is 336 g/mol. The molecule has 0 saturated heterocycles. The molecule has 0 unspecified atom stereocenters. The molecule has 9 nitrogen and oxygen atoms in total. The number of aliphatic carboxylic acids is 3. The van der Waals surface area contributed by atoms with Gasteiger partial charge in [0.05, 0.1) is 0 Å². The molecule has 0 aromatic heterocycles. The van der Waals surface area contributed by atoms with E-state index in [1.54, 1.807) is 0 Å². The van der Waals surface area contributed by atoms with E-state index in [-0.39, 0.29) is 16.7 Å². The van der Waals surface area contributed by atoms with Crippen molar-refractivity contribution in [2.24, 2.45) is 0 Å². The largest absolute Gasteiger partial charge is 0.478 e. The second kappa shape index (κ2) is 14.4. The van der Waals surface area contributed by atoms with Gasteiger partial charge in [-0.15, -0.1) is 0 Å². The minimum Gasteiger partial charge on any atom is -0.478 e. The summed E-state index contributed by atoms with van der Waals surface area (Å²) in [6.07, 6.45) is 0. The van der Waals surface area contributed by atoms with Gasteiger partial charge in [0.1, 0.15) is 0 Å². The van der Waals surface area contributed by atoms with Crippen molar-refractivity contribution in [2.45, 2.75) is 33.7 Å². The fourth-order valence-electron chi connectivity index (χ4n) is 0. The number of carboxylic acids is 3. The summed E-state index contributed by atoms with van der Waals surface area (Å²) in [6, 6.07) is 0. The van der Waals surface area contributed by atoms with Gasteiger partial charge in [-0.05, 0) is 20.8 Å². The Morgan fingerprint density at radius 2 is 0.696 bits per heavy atom. The molecule has 0 aromatic rings.